The van der Waals surface area contributed by atoms with Crippen molar-refractivity contribution in [3.05, 3.63) is 36.4 Å². The molecule has 286 valence electrons. The number of rotatable bonds is 14. The Hall–Kier alpha value is -2.67. The highest BCUT2D eigenvalue weighted by atomic mass is 29.3. The summed E-state index contributed by atoms with van der Waals surface area (Å²) in [7, 11) is -9.98. The van der Waals surface area contributed by atoms with Gasteiger partial charge in [-0.05, 0) is 151 Å². The van der Waals surface area contributed by atoms with Gasteiger partial charge in [0.25, 0.3) is 0 Å². The summed E-state index contributed by atoms with van der Waals surface area (Å²) in [4.78, 5) is 0. The molecule has 0 saturated heterocycles. The van der Waals surface area contributed by atoms with Gasteiger partial charge in [0.05, 0.1) is 51.8 Å². The van der Waals surface area contributed by atoms with Crippen molar-refractivity contribution in [1.29, 1.82) is 0 Å². The lowest BCUT2D eigenvalue weighted by Crippen LogP contribution is -3.03. The first-order chi connectivity index (χ1) is 24.0. The van der Waals surface area contributed by atoms with E-state index in [2.05, 4.69) is 159 Å². The highest BCUT2D eigenvalue weighted by molar-refractivity contribution is 7.67. The highest BCUT2D eigenvalue weighted by Crippen LogP contribution is 2.41. The SMILES string of the molecule is CC(C)Oc1cc2c(cc1OC(C)C)[Si]1([Si](C)(C)C)c3cc(OC(C)C)c(OC(C)C)cc3[Si]2([Si](C)(C)C)c2cc(OC(C)C)c(OC(C)C)cc21. The van der Waals surface area contributed by atoms with Crippen molar-refractivity contribution in [3.8, 4) is 34.5 Å². The maximum atomic E-state index is 6.70. The topological polar surface area (TPSA) is 55.4 Å². The molecule has 3 aliphatic heterocycles. The fraction of sp³-hybridized carbons (Fsp3) is 0.571. The molecule has 0 aliphatic carbocycles. The minimum absolute atomic E-state index is 0.00387. The quantitative estimate of drug-likeness (QED) is 0.168. The summed E-state index contributed by atoms with van der Waals surface area (Å²) in [5.41, 5.74) is 0. The van der Waals surface area contributed by atoms with Crippen LogP contribution in [0.4, 0.5) is 0 Å². The third-order valence-electron chi connectivity index (χ3n) is 10.1. The van der Waals surface area contributed by atoms with Crippen LogP contribution in [0, 0.1) is 0 Å². The van der Waals surface area contributed by atoms with Gasteiger partial charge in [-0.3, -0.25) is 0 Å². The fourth-order valence-corrected chi connectivity index (χ4v) is 44.3. The summed E-state index contributed by atoms with van der Waals surface area (Å²) in [5.74, 6) is 5.08. The molecule has 0 saturated carbocycles. The standard InChI is InChI=1S/C42H66O6Si4/c1-25(2)43-31-19-37-38(20-32(31)44-26(3)4)52(50(16,17)18)41-23-35(47-29(9)10)33(45-27(5)6)21-39(41)51(37,49(13,14)15)40-22-34(46-28(7)8)36(24-42(40)52)48-30(11)12/h19-30H,1-18H3. The maximum Gasteiger partial charge on any atom is 0.161 e. The van der Waals surface area contributed by atoms with Gasteiger partial charge < -0.3 is 28.4 Å². The van der Waals surface area contributed by atoms with Crippen LogP contribution in [-0.2, 0) is 0 Å². The first kappa shape index (κ1) is 40.5. The van der Waals surface area contributed by atoms with Gasteiger partial charge in [-0.1, -0.05) is 39.3 Å². The summed E-state index contributed by atoms with van der Waals surface area (Å²) >= 11 is 0. The lowest BCUT2D eigenvalue weighted by molar-refractivity contribution is 0.199. The second kappa shape index (κ2) is 14.2. The van der Waals surface area contributed by atoms with E-state index in [0.29, 0.717) is 0 Å². The van der Waals surface area contributed by atoms with E-state index in [1.165, 1.54) is 31.1 Å². The molecule has 6 nitrogen and oxygen atoms in total. The minimum atomic E-state index is -2.83. The molecule has 3 aromatic rings. The van der Waals surface area contributed by atoms with Gasteiger partial charge in [0.1, 0.15) is 15.2 Å². The smallest absolute Gasteiger partial charge is 0.161 e. The molecule has 0 N–H and O–H groups in total. The molecule has 0 fully saturated rings. The van der Waals surface area contributed by atoms with E-state index >= 15 is 0 Å². The molecule has 3 heterocycles. The van der Waals surface area contributed by atoms with Crippen molar-refractivity contribution in [1.82, 2.24) is 0 Å². The van der Waals surface area contributed by atoms with Crippen molar-refractivity contribution < 1.29 is 28.4 Å². The molecule has 0 spiro atoms. The average molecular weight is 779 g/mol. The third-order valence-corrected chi connectivity index (χ3v) is 41.0. The molecule has 0 radical (unpaired) electrons. The van der Waals surface area contributed by atoms with E-state index in [-0.39, 0.29) is 36.6 Å². The highest BCUT2D eigenvalue weighted by Gasteiger charge is 2.69. The van der Waals surface area contributed by atoms with E-state index < -0.39 is 30.4 Å². The van der Waals surface area contributed by atoms with Gasteiger partial charge in [0.15, 0.2) is 34.5 Å². The molecule has 0 amide bonds. The molecule has 3 aliphatic rings. The van der Waals surface area contributed by atoms with E-state index in [0.717, 1.165) is 34.5 Å². The maximum absolute atomic E-state index is 6.70. The largest absolute Gasteiger partial charge is 0.487 e. The zero-order valence-corrected chi connectivity index (χ0v) is 39.4. The summed E-state index contributed by atoms with van der Waals surface area (Å²) in [6, 6.07) is 14.6. The van der Waals surface area contributed by atoms with Crippen molar-refractivity contribution in [2.24, 2.45) is 0 Å². The predicted molar refractivity (Wildman–Crippen MR) is 230 cm³/mol. The lowest BCUT2D eigenvalue weighted by atomic mass is 10.2. The second-order valence-electron chi connectivity index (χ2n) is 18.5. The van der Waals surface area contributed by atoms with Crippen molar-refractivity contribution in [2.75, 3.05) is 0 Å². The van der Waals surface area contributed by atoms with Gasteiger partial charge in [0.2, 0.25) is 0 Å². The Morgan fingerprint density at radius 3 is 0.538 bits per heavy atom. The molecule has 0 aromatic heterocycles. The number of hydrogen-bond acceptors (Lipinski definition) is 6. The van der Waals surface area contributed by atoms with Crippen LogP contribution in [0.1, 0.15) is 83.1 Å². The predicted octanol–water partition coefficient (Wildman–Crippen LogP) is 6.81. The Morgan fingerprint density at radius 1 is 0.308 bits per heavy atom. The second-order valence-corrected chi connectivity index (χ2v) is 47.3. The zero-order chi connectivity index (χ0) is 38.9. The Bertz CT molecular complexity index is 1490. The zero-order valence-electron chi connectivity index (χ0n) is 35.4. The number of hydrogen-bond donors (Lipinski definition) is 0. The fourth-order valence-electron chi connectivity index (χ4n) is 8.91. The Labute approximate surface area is 318 Å². The molecular weight excluding hydrogens is 713 g/mol. The molecule has 0 atom stereocenters. The van der Waals surface area contributed by atoms with Crippen molar-refractivity contribution in [2.45, 2.75) is 159 Å². The van der Waals surface area contributed by atoms with Gasteiger partial charge >= 0.3 is 0 Å². The molecular formula is C42H66O6Si4. The van der Waals surface area contributed by atoms with Crippen LogP contribution in [0.5, 0.6) is 34.5 Å². The van der Waals surface area contributed by atoms with E-state index in [1.807, 2.05) is 0 Å². The van der Waals surface area contributed by atoms with Crippen LogP contribution in [0.2, 0.25) is 39.3 Å². The Kier molecular flexibility index (Phi) is 11.1. The third kappa shape index (κ3) is 6.68. The lowest BCUT2D eigenvalue weighted by Gasteiger charge is -2.62. The summed E-state index contributed by atoms with van der Waals surface area (Å²) < 4.78 is 40.2. The number of benzene rings is 3. The molecule has 6 rings (SSSR count). The van der Waals surface area contributed by atoms with Crippen LogP contribution in [0.25, 0.3) is 0 Å². The summed E-state index contributed by atoms with van der Waals surface area (Å²) in [6.45, 7) is 40.8. The molecule has 2 bridgehead atoms. The van der Waals surface area contributed by atoms with Crippen LogP contribution in [0.15, 0.2) is 36.4 Å². The van der Waals surface area contributed by atoms with Gasteiger partial charge in [-0.15, -0.1) is 0 Å². The van der Waals surface area contributed by atoms with Crippen LogP contribution < -0.4 is 59.5 Å². The van der Waals surface area contributed by atoms with E-state index in [4.69, 9.17) is 28.4 Å². The minimum Gasteiger partial charge on any atom is -0.487 e. The van der Waals surface area contributed by atoms with E-state index in [9.17, 15) is 0 Å². The Morgan fingerprint density at radius 2 is 0.442 bits per heavy atom. The first-order valence-electron chi connectivity index (χ1n) is 19.5. The molecule has 0 unspecified atom stereocenters. The first-order valence-corrected chi connectivity index (χ1v) is 32.5. The van der Waals surface area contributed by atoms with Crippen LogP contribution in [0.3, 0.4) is 0 Å². The normalized spacial score (nSPS) is 19.4. The molecule has 52 heavy (non-hydrogen) atoms. The van der Waals surface area contributed by atoms with Crippen LogP contribution >= 0.6 is 0 Å². The van der Waals surface area contributed by atoms with Crippen LogP contribution in [-0.4, -0.2) is 67.0 Å². The van der Waals surface area contributed by atoms with Gasteiger partial charge in [0, 0.05) is 0 Å². The molecule has 3 aromatic carbocycles. The summed E-state index contributed by atoms with van der Waals surface area (Å²) in [6.07, 6.45) is 0.0232. The molecule has 10 heteroatoms. The van der Waals surface area contributed by atoms with Crippen molar-refractivity contribution in [3.63, 3.8) is 0 Å². The monoisotopic (exact) mass is 778 g/mol. The van der Waals surface area contributed by atoms with Gasteiger partial charge in [-0.25, -0.2) is 0 Å². The number of ether oxygens (including phenoxy) is 6. The summed E-state index contributed by atoms with van der Waals surface area (Å²) in [5, 5.41) is 9.05. The van der Waals surface area contributed by atoms with E-state index in [1.54, 1.807) is 0 Å². The van der Waals surface area contributed by atoms with Gasteiger partial charge in [-0.2, -0.15) is 0 Å². The Balaban J connectivity index is 2.12. The average Bonchev–Trinajstić information content (AvgIpc) is 2.95. The van der Waals surface area contributed by atoms with Crippen molar-refractivity contribution >= 4 is 61.5 Å².